The maximum absolute atomic E-state index is 14.6. The number of nitrogens with zero attached hydrogens (tertiary/aromatic N) is 3. The predicted molar refractivity (Wildman–Crippen MR) is 104 cm³/mol. The highest BCUT2D eigenvalue weighted by Crippen LogP contribution is 2.35. The fourth-order valence-electron chi connectivity index (χ4n) is 2.93. The molecule has 0 radical (unpaired) electrons. The number of aromatic nitrogens is 2. The van der Waals surface area contributed by atoms with E-state index in [4.69, 9.17) is 9.47 Å². The Bertz CT molecular complexity index is 1160. The number of benzene rings is 1. The summed E-state index contributed by atoms with van der Waals surface area (Å²) < 4.78 is 40.1. The molecular weight excluding hydrogens is 396 g/mol. The van der Waals surface area contributed by atoms with Gasteiger partial charge in [-0.3, -0.25) is 0 Å². The van der Waals surface area contributed by atoms with Crippen molar-refractivity contribution in [2.45, 2.75) is 6.92 Å². The van der Waals surface area contributed by atoms with Crippen LogP contribution in [0.1, 0.15) is 12.5 Å². The molecule has 3 aromatic rings. The number of aliphatic hydroxyl groups excluding tert-OH is 1. The van der Waals surface area contributed by atoms with Crippen LogP contribution in [0.25, 0.3) is 11.0 Å². The molecule has 0 bridgehead atoms. The summed E-state index contributed by atoms with van der Waals surface area (Å²) in [6, 6.07) is 5.60. The lowest BCUT2D eigenvalue weighted by Gasteiger charge is -2.30. The maximum atomic E-state index is 14.6. The van der Waals surface area contributed by atoms with E-state index in [-0.39, 0.29) is 36.2 Å². The van der Waals surface area contributed by atoms with Gasteiger partial charge < -0.3 is 24.9 Å². The number of aliphatic hydroxyl groups is 1. The number of hydrogen-bond acceptors (Lipinski definition) is 7. The molecule has 1 atom stereocenters. The van der Waals surface area contributed by atoms with Gasteiger partial charge in [-0.1, -0.05) is 6.92 Å². The third-order valence-electron chi connectivity index (χ3n) is 4.66. The normalized spacial score (nSPS) is 18.4. The van der Waals surface area contributed by atoms with Crippen molar-refractivity contribution in [3.63, 3.8) is 0 Å². The lowest BCUT2D eigenvalue weighted by Crippen LogP contribution is -2.38. The second-order valence-electron chi connectivity index (χ2n) is 7.22. The summed E-state index contributed by atoms with van der Waals surface area (Å²) in [7, 11) is 0. The zero-order chi connectivity index (χ0) is 21.3. The number of hydrogen-bond donors (Lipinski definition) is 3. The molecule has 0 amide bonds. The van der Waals surface area contributed by atoms with E-state index in [1.807, 2.05) is 13.0 Å². The Kier molecular flexibility index (Phi) is 4.97. The summed E-state index contributed by atoms with van der Waals surface area (Å²) in [6.45, 7) is 2.26. The number of pyridine rings is 1. The molecular formula is C20H17F2N5O3. The third kappa shape index (κ3) is 3.62. The van der Waals surface area contributed by atoms with Gasteiger partial charge in [0.2, 0.25) is 0 Å². The lowest BCUT2D eigenvalue weighted by atomic mass is 9.93. The fourth-order valence-corrected chi connectivity index (χ4v) is 2.93. The standard InChI is InChI=1S/C20H17F2N5O3/c1-20(9-28)8-26-19(29-10-20)27-12-4-13(21)17(14(22)5-12)30-15-2-3-24-18-16(15)11(6-23)7-25-18/h2-5,7,28H,8-10H2,1H3,(H,24,25)(H,26,27). The van der Waals surface area contributed by atoms with Crippen molar-refractivity contribution in [3.8, 4) is 17.6 Å². The third-order valence-corrected chi connectivity index (χ3v) is 4.66. The second kappa shape index (κ2) is 7.61. The molecule has 0 spiro atoms. The SMILES string of the molecule is CC1(CO)CN=C(Nc2cc(F)c(Oc3ccnc4[nH]cc(C#N)c34)c(F)c2)OC1. The number of nitriles is 1. The Morgan fingerprint density at radius 3 is 2.80 bits per heavy atom. The van der Waals surface area contributed by atoms with Crippen molar-refractivity contribution in [1.82, 2.24) is 9.97 Å². The Morgan fingerprint density at radius 1 is 1.40 bits per heavy atom. The molecule has 2 aromatic heterocycles. The quantitative estimate of drug-likeness (QED) is 0.605. The molecule has 8 nitrogen and oxygen atoms in total. The minimum Gasteiger partial charge on any atom is -0.464 e. The van der Waals surface area contributed by atoms with Crippen LogP contribution < -0.4 is 10.1 Å². The Labute approximate surface area is 169 Å². The highest BCUT2D eigenvalue weighted by molar-refractivity contribution is 5.90. The molecule has 0 aliphatic carbocycles. The topological polar surface area (TPSA) is 116 Å². The summed E-state index contributed by atoms with van der Waals surface area (Å²) in [6.07, 6.45) is 2.84. The number of nitrogens with one attached hydrogen (secondary N) is 2. The van der Waals surface area contributed by atoms with E-state index in [9.17, 15) is 19.1 Å². The summed E-state index contributed by atoms with van der Waals surface area (Å²) >= 11 is 0. The number of anilines is 1. The van der Waals surface area contributed by atoms with Crippen molar-refractivity contribution in [2.75, 3.05) is 25.1 Å². The van der Waals surface area contributed by atoms with Gasteiger partial charge >= 0.3 is 0 Å². The van der Waals surface area contributed by atoms with E-state index < -0.39 is 22.8 Å². The minimum atomic E-state index is -0.951. The van der Waals surface area contributed by atoms with Gasteiger partial charge in [-0.15, -0.1) is 0 Å². The first-order valence-electron chi connectivity index (χ1n) is 9.01. The maximum Gasteiger partial charge on any atom is 0.289 e. The summed E-state index contributed by atoms with van der Waals surface area (Å²) in [5.41, 5.74) is 0.207. The summed E-state index contributed by atoms with van der Waals surface area (Å²) in [4.78, 5) is 11.0. The Balaban J connectivity index is 1.59. The van der Waals surface area contributed by atoms with Crippen molar-refractivity contribution in [2.24, 2.45) is 10.4 Å². The van der Waals surface area contributed by atoms with Crippen LogP contribution in [0.5, 0.6) is 11.5 Å². The molecule has 1 unspecified atom stereocenters. The van der Waals surface area contributed by atoms with Gasteiger partial charge in [-0.2, -0.15) is 5.26 Å². The number of aliphatic imine (C=N–C) groups is 1. The molecule has 4 rings (SSSR count). The van der Waals surface area contributed by atoms with Crippen LogP contribution in [0.15, 0.2) is 35.6 Å². The van der Waals surface area contributed by atoms with Crippen LogP contribution in [0.4, 0.5) is 14.5 Å². The number of halogens is 2. The van der Waals surface area contributed by atoms with Gasteiger partial charge in [0, 0.05) is 35.6 Å². The first-order chi connectivity index (χ1) is 14.4. The molecule has 10 heteroatoms. The van der Waals surface area contributed by atoms with Crippen LogP contribution in [0.2, 0.25) is 0 Å². The number of ether oxygens (including phenoxy) is 2. The zero-order valence-corrected chi connectivity index (χ0v) is 15.9. The van der Waals surface area contributed by atoms with E-state index in [0.717, 1.165) is 12.1 Å². The van der Waals surface area contributed by atoms with Crippen LogP contribution in [-0.2, 0) is 4.74 Å². The molecule has 0 fully saturated rings. The molecule has 3 N–H and O–H groups in total. The number of H-pyrrole nitrogens is 1. The van der Waals surface area contributed by atoms with E-state index in [1.54, 1.807) is 0 Å². The average molecular weight is 413 g/mol. The second-order valence-corrected chi connectivity index (χ2v) is 7.22. The van der Waals surface area contributed by atoms with Gasteiger partial charge in [0.1, 0.15) is 24.1 Å². The number of rotatable bonds is 4. The fraction of sp³-hybridized carbons (Fsp3) is 0.250. The molecule has 0 saturated heterocycles. The molecule has 1 aliphatic heterocycles. The predicted octanol–water partition coefficient (Wildman–Crippen LogP) is 3.30. The largest absolute Gasteiger partial charge is 0.464 e. The van der Waals surface area contributed by atoms with Gasteiger partial charge in [0.25, 0.3) is 6.02 Å². The van der Waals surface area contributed by atoms with Gasteiger partial charge in [-0.05, 0) is 6.07 Å². The van der Waals surface area contributed by atoms with Crippen molar-refractivity contribution in [1.29, 1.82) is 5.26 Å². The zero-order valence-electron chi connectivity index (χ0n) is 15.9. The highest BCUT2D eigenvalue weighted by Gasteiger charge is 2.29. The number of fused-ring (bicyclic) bond motifs is 1. The van der Waals surface area contributed by atoms with E-state index in [0.29, 0.717) is 17.6 Å². The summed E-state index contributed by atoms with van der Waals surface area (Å²) in [5, 5.41) is 21.6. The lowest BCUT2D eigenvalue weighted by molar-refractivity contribution is 0.0706. The summed E-state index contributed by atoms with van der Waals surface area (Å²) in [5.74, 6) is -2.42. The monoisotopic (exact) mass is 413 g/mol. The minimum absolute atomic E-state index is 0.0861. The van der Waals surface area contributed by atoms with E-state index in [2.05, 4.69) is 20.3 Å². The molecule has 0 saturated carbocycles. The van der Waals surface area contributed by atoms with Crippen LogP contribution in [-0.4, -0.2) is 40.9 Å². The average Bonchev–Trinajstić information content (AvgIpc) is 3.17. The van der Waals surface area contributed by atoms with E-state index in [1.165, 1.54) is 18.5 Å². The van der Waals surface area contributed by atoms with Crippen molar-refractivity contribution in [3.05, 3.63) is 47.8 Å². The van der Waals surface area contributed by atoms with Crippen molar-refractivity contribution >= 4 is 22.7 Å². The molecule has 3 heterocycles. The number of amidine groups is 1. The van der Waals surface area contributed by atoms with Crippen LogP contribution in [0.3, 0.4) is 0 Å². The molecule has 1 aliphatic rings. The molecule has 154 valence electrons. The van der Waals surface area contributed by atoms with Gasteiger partial charge in [0.05, 0.1) is 24.1 Å². The Morgan fingerprint density at radius 2 is 2.17 bits per heavy atom. The first kappa shape index (κ1) is 19.6. The Hall–Kier alpha value is -3.71. The van der Waals surface area contributed by atoms with Gasteiger partial charge in [-0.25, -0.2) is 18.8 Å². The van der Waals surface area contributed by atoms with Crippen LogP contribution >= 0.6 is 0 Å². The number of aromatic amines is 1. The highest BCUT2D eigenvalue weighted by atomic mass is 19.1. The smallest absolute Gasteiger partial charge is 0.289 e. The molecule has 30 heavy (non-hydrogen) atoms. The van der Waals surface area contributed by atoms with Gasteiger partial charge in [0.15, 0.2) is 17.4 Å². The first-order valence-corrected chi connectivity index (χ1v) is 9.01. The van der Waals surface area contributed by atoms with E-state index >= 15 is 0 Å². The molecule has 1 aromatic carbocycles. The van der Waals surface area contributed by atoms with Crippen LogP contribution in [0, 0.1) is 28.4 Å². The van der Waals surface area contributed by atoms with Crippen molar-refractivity contribution < 1.29 is 23.4 Å².